The minimum atomic E-state index is -0.613. The summed E-state index contributed by atoms with van der Waals surface area (Å²) in [5.41, 5.74) is 2.01. The van der Waals surface area contributed by atoms with Crippen LogP contribution in [0.2, 0.25) is 5.02 Å². The number of non-ortho nitro benzene ring substituents is 1. The van der Waals surface area contributed by atoms with Crippen molar-refractivity contribution in [2.24, 2.45) is 0 Å². The molecule has 0 bridgehead atoms. The molecule has 120 valence electrons. The molecule has 6 heteroatoms. The van der Waals surface area contributed by atoms with Crippen LogP contribution in [0.3, 0.4) is 0 Å². The molecule has 0 amide bonds. The fourth-order valence-electron chi connectivity index (χ4n) is 2.01. The van der Waals surface area contributed by atoms with E-state index in [1.54, 1.807) is 0 Å². The maximum Gasteiger partial charge on any atom is 0.339 e. The van der Waals surface area contributed by atoms with Crippen molar-refractivity contribution in [3.63, 3.8) is 0 Å². The van der Waals surface area contributed by atoms with E-state index < -0.39 is 10.9 Å². The van der Waals surface area contributed by atoms with Crippen LogP contribution in [0.5, 0.6) is 0 Å². The highest BCUT2D eigenvalue weighted by Crippen LogP contribution is 2.23. The molecule has 0 saturated heterocycles. The summed E-state index contributed by atoms with van der Waals surface area (Å²) >= 11 is 5.90. The van der Waals surface area contributed by atoms with Gasteiger partial charge in [-0.05, 0) is 23.1 Å². The Morgan fingerprint density at radius 2 is 1.87 bits per heavy atom. The maximum absolute atomic E-state index is 12.0. The minimum Gasteiger partial charge on any atom is -0.457 e. The summed E-state index contributed by atoms with van der Waals surface area (Å²) in [6.07, 6.45) is 0. The van der Waals surface area contributed by atoms with Gasteiger partial charge < -0.3 is 4.74 Å². The van der Waals surface area contributed by atoms with Gasteiger partial charge in [0.05, 0.1) is 15.5 Å². The van der Waals surface area contributed by atoms with Gasteiger partial charge >= 0.3 is 5.97 Å². The number of ether oxygens (including phenoxy) is 1. The van der Waals surface area contributed by atoms with Crippen LogP contribution >= 0.6 is 11.6 Å². The molecule has 0 aliphatic heterocycles. The van der Waals surface area contributed by atoms with Gasteiger partial charge in [-0.2, -0.15) is 0 Å². The maximum atomic E-state index is 12.0. The van der Waals surface area contributed by atoms with Crippen molar-refractivity contribution in [3.05, 3.63) is 74.3 Å². The van der Waals surface area contributed by atoms with Crippen LogP contribution in [0.4, 0.5) is 5.69 Å². The lowest BCUT2D eigenvalue weighted by Crippen LogP contribution is -2.06. The SMILES string of the molecule is CC(C)c1ccc(COC(=O)c2ccc([N+](=O)[O-])cc2Cl)cc1. The van der Waals surface area contributed by atoms with Crippen molar-refractivity contribution in [2.75, 3.05) is 0 Å². The van der Waals surface area contributed by atoms with E-state index >= 15 is 0 Å². The van der Waals surface area contributed by atoms with E-state index in [0.29, 0.717) is 5.92 Å². The first-order chi connectivity index (χ1) is 10.9. The number of hydrogen-bond donors (Lipinski definition) is 0. The second kappa shape index (κ2) is 7.24. The average Bonchev–Trinajstić information content (AvgIpc) is 2.52. The second-order valence-corrected chi connectivity index (χ2v) is 5.80. The molecular formula is C17H16ClNO4. The Kier molecular flexibility index (Phi) is 5.34. The molecule has 0 radical (unpaired) electrons. The molecule has 0 N–H and O–H groups in total. The Labute approximate surface area is 139 Å². The van der Waals surface area contributed by atoms with Crippen molar-refractivity contribution in [2.45, 2.75) is 26.4 Å². The first kappa shape index (κ1) is 17.0. The zero-order valence-electron chi connectivity index (χ0n) is 12.8. The molecule has 2 aromatic rings. The molecule has 0 aliphatic carbocycles. The zero-order chi connectivity index (χ0) is 17.0. The lowest BCUT2D eigenvalue weighted by Gasteiger charge is -2.08. The average molecular weight is 334 g/mol. The third-order valence-electron chi connectivity index (χ3n) is 3.40. The quantitative estimate of drug-likeness (QED) is 0.450. The zero-order valence-corrected chi connectivity index (χ0v) is 13.5. The van der Waals surface area contributed by atoms with E-state index in [4.69, 9.17) is 16.3 Å². The molecule has 0 fully saturated rings. The van der Waals surface area contributed by atoms with Crippen molar-refractivity contribution in [3.8, 4) is 0 Å². The van der Waals surface area contributed by atoms with Gasteiger partial charge in [-0.15, -0.1) is 0 Å². The van der Waals surface area contributed by atoms with Gasteiger partial charge in [0.15, 0.2) is 0 Å². The predicted molar refractivity (Wildman–Crippen MR) is 87.8 cm³/mol. The summed E-state index contributed by atoms with van der Waals surface area (Å²) in [4.78, 5) is 22.1. The van der Waals surface area contributed by atoms with Crippen LogP contribution in [-0.4, -0.2) is 10.9 Å². The molecule has 2 aromatic carbocycles. The Hall–Kier alpha value is -2.40. The van der Waals surface area contributed by atoms with Crippen molar-refractivity contribution >= 4 is 23.3 Å². The van der Waals surface area contributed by atoms with E-state index in [9.17, 15) is 14.9 Å². The molecule has 5 nitrogen and oxygen atoms in total. The van der Waals surface area contributed by atoms with Crippen LogP contribution < -0.4 is 0 Å². The molecular weight excluding hydrogens is 318 g/mol. The number of halogens is 1. The predicted octanol–water partition coefficient (Wildman–Crippen LogP) is 4.73. The fourth-order valence-corrected chi connectivity index (χ4v) is 2.26. The topological polar surface area (TPSA) is 69.4 Å². The van der Waals surface area contributed by atoms with Crippen LogP contribution in [0.1, 0.15) is 41.3 Å². The van der Waals surface area contributed by atoms with Crippen LogP contribution in [-0.2, 0) is 11.3 Å². The molecule has 23 heavy (non-hydrogen) atoms. The Morgan fingerprint density at radius 1 is 1.22 bits per heavy atom. The van der Waals surface area contributed by atoms with Crippen LogP contribution in [0.15, 0.2) is 42.5 Å². The van der Waals surface area contributed by atoms with Gasteiger partial charge in [0.2, 0.25) is 0 Å². The molecule has 0 unspecified atom stereocenters. The molecule has 0 atom stereocenters. The number of carbonyl (C=O) groups excluding carboxylic acids is 1. The smallest absolute Gasteiger partial charge is 0.339 e. The van der Waals surface area contributed by atoms with Crippen molar-refractivity contribution in [1.82, 2.24) is 0 Å². The highest BCUT2D eigenvalue weighted by atomic mass is 35.5. The van der Waals surface area contributed by atoms with E-state index in [0.717, 1.165) is 11.6 Å². The van der Waals surface area contributed by atoms with E-state index in [2.05, 4.69) is 13.8 Å². The lowest BCUT2D eigenvalue weighted by molar-refractivity contribution is -0.384. The number of rotatable bonds is 5. The van der Waals surface area contributed by atoms with E-state index in [1.165, 1.54) is 17.7 Å². The summed E-state index contributed by atoms with van der Waals surface area (Å²) in [6, 6.07) is 11.4. The lowest BCUT2D eigenvalue weighted by atomic mass is 10.0. The van der Waals surface area contributed by atoms with Gasteiger partial charge in [-0.1, -0.05) is 49.7 Å². The number of hydrogen-bond acceptors (Lipinski definition) is 4. The first-order valence-electron chi connectivity index (χ1n) is 7.08. The number of nitrogens with zero attached hydrogens (tertiary/aromatic N) is 1. The standard InChI is InChI=1S/C17H16ClNO4/c1-11(2)13-5-3-12(4-6-13)10-23-17(20)15-8-7-14(19(21)22)9-16(15)18/h3-9,11H,10H2,1-2H3. The Balaban J connectivity index is 2.03. The largest absolute Gasteiger partial charge is 0.457 e. The molecule has 0 aromatic heterocycles. The van der Waals surface area contributed by atoms with Gasteiger partial charge in [0.25, 0.3) is 5.69 Å². The summed E-state index contributed by atoms with van der Waals surface area (Å²) in [7, 11) is 0. The van der Waals surface area contributed by atoms with E-state index in [-0.39, 0.29) is 22.9 Å². The van der Waals surface area contributed by atoms with Crippen LogP contribution in [0, 0.1) is 10.1 Å². The van der Waals surface area contributed by atoms with Crippen LogP contribution in [0.25, 0.3) is 0 Å². The number of benzene rings is 2. The third-order valence-corrected chi connectivity index (χ3v) is 3.71. The van der Waals surface area contributed by atoms with Gasteiger partial charge in [0.1, 0.15) is 6.61 Å². The second-order valence-electron chi connectivity index (χ2n) is 5.39. The van der Waals surface area contributed by atoms with Gasteiger partial charge in [-0.25, -0.2) is 4.79 Å². The minimum absolute atomic E-state index is 0.000597. The summed E-state index contributed by atoms with van der Waals surface area (Å²) in [5, 5.41) is 10.7. The molecule has 0 saturated carbocycles. The normalized spacial score (nSPS) is 10.6. The molecule has 0 spiro atoms. The first-order valence-corrected chi connectivity index (χ1v) is 7.46. The number of nitro groups is 1. The summed E-state index contributed by atoms with van der Waals surface area (Å²) in [6.45, 7) is 4.32. The number of nitro benzene ring substituents is 1. The Bertz CT molecular complexity index is 726. The summed E-state index contributed by atoms with van der Waals surface area (Å²) in [5.74, 6) is -0.177. The monoisotopic (exact) mass is 333 g/mol. The molecule has 2 rings (SSSR count). The highest BCUT2D eigenvalue weighted by molar-refractivity contribution is 6.33. The number of esters is 1. The van der Waals surface area contributed by atoms with Crippen molar-refractivity contribution in [1.29, 1.82) is 0 Å². The van der Waals surface area contributed by atoms with E-state index in [1.807, 2.05) is 24.3 Å². The molecule has 0 heterocycles. The van der Waals surface area contributed by atoms with Crippen molar-refractivity contribution < 1.29 is 14.5 Å². The Morgan fingerprint density at radius 3 is 2.39 bits per heavy atom. The van der Waals surface area contributed by atoms with Gasteiger partial charge in [0, 0.05) is 12.1 Å². The van der Waals surface area contributed by atoms with Gasteiger partial charge in [-0.3, -0.25) is 10.1 Å². The number of carbonyl (C=O) groups is 1. The highest BCUT2D eigenvalue weighted by Gasteiger charge is 2.16. The third kappa shape index (κ3) is 4.29. The summed E-state index contributed by atoms with van der Waals surface area (Å²) < 4.78 is 5.20. The molecule has 0 aliphatic rings. The fraction of sp³-hybridized carbons (Fsp3) is 0.235.